The van der Waals surface area contributed by atoms with Crippen LogP contribution in [0.4, 0.5) is 4.79 Å². The maximum Gasteiger partial charge on any atom is 0.408 e. The number of alkyl carbamates (subject to hydrolysis) is 1. The molecule has 0 aliphatic heterocycles. The zero-order valence-corrected chi connectivity index (χ0v) is 21.8. The highest BCUT2D eigenvalue weighted by atomic mass is 32.1. The number of likely N-dealkylation sites (N-methyl/N-ethyl adjacent to an activating group) is 1. The summed E-state index contributed by atoms with van der Waals surface area (Å²) in [5, 5.41) is 4.53. The Kier molecular flexibility index (Phi) is 8.65. The van der Waals surface area contributed by atoms with Gasteiger partial charge in [-0.1, -0.05) is 103 Å². The standard InChI is InChI=1S/C29H34N2O3S/c1-28(2,3)34-27(32)30-25(26(35)31(4)33-5)21-29(22-15-9-6-10-16-22,23-17-11-7-12-18-23)24-19-13-8-14-20-24/h6-20,25H,21H2,1-5H3,(H,30,32)/t25-/m1/s1. The minimum absolute atomic E-state index is 0.450. The molecular formula is C29H34N2O3S. The molecule has 3 aromatic carbocycles. The molecule has 0 aliphatic carbocycles. The van der Waals surface area contributed by atoms with E-state index in [0.29, 0.717) is 11.4 Å². The Morgan fingerprint density at radius 2 is 1.26 bits per heavy atom. The molecule has 0 aliphatic rings. The number of nitrogens with one attached hydrogen (secondary N) is 1. The number of ether oxygens (including phenoxy) is 1. The molecule has 0 aromatic heterocycles. The summed E-state index contributed by atoms with van der Waals surface area (Å²) >= 11 is 5.81. The van der Waals surface area contributed by atoms with Gasteiger partial charge in [-0.3, -0.25) is 4.84 Å². The number of carbonyl (C=O) groups excluding carboxylic acids is 1. The molecule has 3 rings (SSSR count). The lowest BCUT2D eigenvalue weighted by Crippen LogP contribution is -2.51. The topological polar surface area (TPSA) is 50.8 Å². The van der Waals surface area contributed by atoms with Crippen LogP contribution in [0.15, 0.2) is 91.0 Å². The van der Waals surface area contributed by atoms with Gasteiger partial charge in [0.15, 0.2) is 0 Å². The molecule has 5 nitrogen and oxygen atoms in total. The fourth-order valence-electron chi connectivity index (χ4n) is 4.29. The lowest BCUT2D eigenvalue weighted by atomic mass is 9.66. The van der Waals surface area contributed by atoms with E-state index in [1.54, 1.807) is 14.2 Å². The number of hydroxylamine groups is 2. The Bertz CT molecular complexity index is 1000. The highest BCUT2D eigenvalue weighted by molar-refractivity contribution is 7.80. The van der Waals surface area contributed by atoms with Gasteiger partial charge in [0.25, 0.3) is 0 Å². The maximum absolute atomic E-state index is 12.9. The molecule has 0 fully saturated rings. The van der Waals surface area contributed by atoms with Crippen LogP contribution in [-0.2, 0) is 15.0 Å². The summed E-state index contributed by atoms with van der Waals surface area (Å²) < 4.78 is 5.59. The van der Waals surface area contributed by atoms with Crippen LogP contribution in [-0.4, -0.2) is 41.9 Å². The van der Waals surface area contributed by atoms with E-state index in [1.807, 2.05) is 75.4 Å². The third-order valence-electron chi connectivity index (χ3n) is 5.88. The van der Waals surface area contributed by atoms with Crippen LogP contribution in [0.1, 0.15) is 43.9 Å². The summed E-state index contributed by atoms with van der Waals surface area (Å²) in [5.74, 6) is 0. The van der Waals surface area contributed by atoms with Crippen LogP contribution in [0.2, 0.25) is 0 Å². The number of benzene rings is 3. The van der Waals surface area contributed by atoms with Crippen molar-refractivity contribution in [2.75, 3.05) is 14.2 Å². The number of carbonyl (C=O) groups is 1. The number of hydrogen-bond acceptors (Lipinski definition) is 4. The molecule has 3 aromatic rings. The Balaban J connectivity index is 2.20. The van der Waals surface area contributed by atoms with E-state index >= 15 is 0 Å². The number of amides is 1. The molecule has 0 saturated heterocycles. The van der Waals surface area contributed by atoms with Gasteiger partial charge in [0.2, 0.25) is 0 Å². The summed E-state index contributed by atoms with van der Waals surface area (Å²) in [7, 11) is 3.29. The highest BCUT2D eigenvalue weighted by Crippen LogP contribution is 2.43. The van der Waals surface area contributed by atoms with Crippen LogP contribution in [0.5, 0.6) is 0 Å². The number of thiocarbonyl (C=S) groups is 1. The van der Waals surface area contributed by atoms with Gasteiger partial charge in [0.1, 0.15) is 10.6 Å². The van der Waals surface area contributed by atoms with Crippen molar-refractivity contribution in [2.45, 2.75) is 44.2 Å². The van der Waals surface area contributed by atoms with Gasteiger partial charge in [-0.05, 0) is 43.9 Å². The number of nitrogens with zero attached hydrogens (tertiary/aromatic N) is 1. The second-order valence-electron chi connectivity index (χ2n) is 9.42. The summed E-state index contributed by atoms with van der Waals surface area (Å²) in [6.45, 7) is 5.51. The van der Waals surface area contributed by atoms with Gasteiger partial charge in [-0.15, -0.1) is 0 Å². The van der Waals surface area contributed by atoms with Crippen LogP contribution in [0.3, 0.4) is 0 Å². The smallest absolute Gasteiger partial charge is 0.408 e. The second kappa shape index (κ2) is 11.5. The normalized spacial score (nSPS) is 12.5. The van der Waals surface area contributed by atoms with Crippen LogP contribution >= 0.6 is 12.2 Å². The van der Waals surface area contributed by atoms with Gasteiger partial charge in [0, 0.05) is 12.5 Å². The molecule has 1 atom stereocenters. The van der Waals surface area contributed by atoms with E-state index in [1.165, 1.54) is 5.06 Å². The molecule has 0 spiro atoms. The lowest BCUT2D eigenvalue weighted by molar-refractivity contribution is -0.0429. The molecule has 35 heavy (non-hydrogen) atoms. The second-order valence-corrected chi connectivity index (χ2v) is 9.84. The first-order valence-corrected chi connectivity index (χ1v) is 12.1. The SMILES string of the molecule is CON(C)C(=S)[C@@H](CC(c1ccccc1)(c1ccccc1)c1ccccc1)NC(=O)OC(C)(C)C. The molecule has 184 valence electrons. The van der Waals surface area contributed by atoms with E-state index in [0.717, 1.165) is 16.7 Å². The maximum atomic E-state index is 12.9. The molecule has 1 N–H and O–H groups in total. The Morgan fingerprint density at radius 1 is 0.857 bits per heavy atom. The minimum Gasteiger partial charge on any atom is -0.444 e. The predicted molar refractivity (Wildman–Crippen MR) is 144 cm³/mol. The molecule has 0 bridgehead atoms. The quantitative estimate of drug-likeness (QED) is 0.234. The summed E-state index contributed by atoms with van der Waals surface area (Å²) in [4.78, 5) is 18.8. The molecule has 1 amide bonds. The van der Waals surface area contributed by atoms with Crippen LogP contribution < -0.4 is 5.32 Å². The average Bonchev–Trinajstić information content (AvgIpc) is 2.86. The Labute approximate surface area is 214 Å². The van der Waals surface area contributed by atoms with Crippen molar-refractivity contribution in [3.05, 3.63) is 108 Å². The first kappa shape index (κ1) is 26.4. The van der Waals surface area contributed by atoms with Gasteiger partial charge in [0.05, 0.1) is 13.2 Å². The van der Waals surface area contributed by atoms with Crippen LogP contribution in [0, 0.1) is 0 Å². The minimum atomic E-state index is -0.640. The monoisotopic (exact) mass is 490 g/mol. The first-order valence-electron chi connectivity index (χ1n) is 11.6. The van der Waals surface area contributed by atoms with Crippen molar-refractivity contribution in [2.24, 2.45) is 0 Å². The Morgan fingerprint density at radius 3 is 1.60 bits per heavy atom. The predicted octanol–water partition coefficient (Wildman–Crippen LogP) is 6.13. The number of rotatable bonds is 8. The summed E-state index contributed by atoms with van der Waals surface area (Å²) in [5.41, 5.74) is 2.03. The van der Waals surface area contributed by atoms with E-state index < -0.39 is 23.2 Å². The summed E-state index contributed by atoms with van der Waals surface area (Å²) in [6.07, 6.45) is -0.0750. The highest BCUT2D eigenvalue weighted by Gasteiger charge is 2.41. The van der Waals surface area contributed by atoms with Crippen molar-refractivity contribution >= 4 is 23.3 Å². The molecule has 0 unspecified atom stereocenters. The van der Waals surface area contributed by atoms with E-state index in [-0.39, 0.29) is 0 Å². The van der Waals surface area contributed by atoms with Gasteiger partial charge >= 0.3 is 6.09 Å². The van der Waals surface area contributed by atoms with E-state index in [2.05, 4.69) is 41.7 Å². The average molecular weight is 491 g/mol. The molecular weight excluding hydrogens is 456 g/mol. The van der Waals surface area contributed by atoms with Gasteiger partial charge < -0.3 is 10.1 Å². The third-order valence-corrected chi connectivity index (χ3v) is 6.42. The molecule has 6 heteroatoms. The van der Waals surface area contributed by atoms with Crippen molar-refractivity contribution < 1.29 is 14.4 Å². The zero-order chi connectivity index (χ0) is 25.5. The molecule has 0 saturated carbocycles. The zero-order valence-electron chi connectivity index (χ0n) is 21.0. The third kappa shape index (κ3) is 6.47. The Hall–Kier alpha value is -3.22. The fraction of sp³-hybridized carbons (Fsp3) is 0.310. The van der Waals surface area contributed by atoms with Gasteiger partial charge in [-0.2, -0.15) is 0 Å². The number of hydrogen-bond donors (Lipinski definition) is 1. The van der Waals surface area contributed by atoms with Crippen molar-refractivity contribution in [1.29, 1.82) is 0 Å². The summed E-state index contributed by atoms with van der Waals surface area (Å²) in [6, 6.07) is 30.4. The molecule has 0 radical (unpaired) electrons. The lowest BCUT2D eigenvalue weighted by Gasteiger charge is -2.40. The largest absolute Gasteiger partial charge is 0.444 e. The fourth-order valence-corrected chi connectivity index (χ4v) is 4.50. The van der Waals surface area contributed by atoms with Crippen molar-refractivity contribution in [1.82, 2.24) is 10.4 Å². The van der Waals surface area contributed by atoms with Gasteiger partial charge in [-0.25, -0.2) is 9.86 Å². The van der Waals surface area contributed by atoms with E-state index in [4.69, 9.17) is 21.8 Å². The molecule has 0 heterocycles. The van der Waals surface area contributed by atoms with Crippen molar-refractivity contribution in [3.8, 4) is 0 Å². The van der Waals surface area contributed by atoms with E-state index in [9.17, 15) is 4.79 Å². The first-order chi connectivity index (χ1) is 16.7. The van der Waals surface area contributed by atoms with Crippen LogP contribution in [0.25, 0.3) is 0 Å². The van der Waals surface area contributed by atoms with Crippen molar-refractivity contribution in [3.63, 3.8) is 0 Å².